The van der Waals surface area contributed by atoms with Crippen LogP contribution in [0.4, 0.5) is 0 Å². The predicted octanol–water partition coefficient (Wildman–Crippen LogP) is 4.34. The first-order valence-electron chi connectivity index (χ1n) is 7.69. The van der Waals surface area contributed by atoms with Gasteiger partial charge in [-0.25, -0.2) is 4.79 Å². The maximum absolute atomic E-state index is 11.1. The molecule has 0 fully saturated rings. The molecule has 1 aromatic rings. The summed E-state index contributed by atoms with van der Waals surface area (Å²) < 4.78 is 0. The first-order chi connectivity index (χ1) is 10.6. The lowest BCUT2D eigenvalue weighted by molar-refractivity contribution is -0.134. The molecule has 0 bridgehead atoms. The van der Waals surface area contributed by atoms with E-state index in [0.717, 1.165) is 49.1 Å². The quantitative estimate of drug-likeness (QED) is 0.361. The fourth-order valence-electron chi connectivity index (χ4n) is 1.98. The third-order valence-electron chi connectivity index (χ3n) is 3.17. The predicted molar refractivity (Wildman–Crippen MR) is 88.7 cm³/mol. The van der Waals surface area contributed by atoms with Crippen molar-refractivity contribution in [3.8, 4) is 0 Å². The molecule has 0 aliphatic rings. The van der Waals surface area contributed by atoms with Gasteiger partial charge in [-0.3, -0.25) is 10.3 Å². The number of carboxylic acids is 1. The molecule has 0 aromatic heterocycles. The van der Waals surface area contributed by atoms with Gasteiger partial charge in [0.15, 0.2) is 0 Å². The summed E-state index contributed by atoms with van der Waals surface area (Å²) in [5.74, 6) is -0.994. The molecule has 0 atom stereocenters. The summed E-state index contributed by atoms with van der Waals surface area (Å²) in [5, 5.41) is 9.79. The first-order valence-corrected chi connectivity index (χ1v) is 8.07. The molecule has 0 saturated heterocycles. The van der Waals surface area contributed by atoms with E-state index in [4.69, 9.17) is 21.5 Å². The Hall–Kier alpha value is -1.52. The van der Waals surface area contributed by atoms with Gasteiger partial charge in [0, 0.05) is 5.02 Å². The number of aryl methyl sites for hydroxylation is 1. The van der Waals surface area contributed by atoms with Gasteiger partial charge in [-0.05, 0) is 43.4 Å². The third kappa shape index (κ3) is 8.05. The molecule has 0 saturated carbocycles. The number of hydrogen-bond donors (Lipinski definition) is 2. The van der Waals surface area contributed by atoms with Crippen LogP contribution in [-0.4, -0.2) is 17.7 Å². The van der Waals surface area contributed by atoms with Crippen LogP contribution in [0.1, 0.15) is 44.6 Å². The number of carboxylic acid groups (broad SMARTS) is 1. The minimum absolute atomic E-state index is 0.110. The highest BCUT2D eigenvalue weighted by atomic mass is 35.5. The highest BCUT2D eigenvalue weighted by Crippen LogP contribution is 2.12. The molecule has 2 N–H and O–H groups in total. The van der Waals surface area contributed by atoms with Gasteiger partial charge in [0.25, 0.3) is 0 Å². The standard InChI is InChI=1S/C17H24ClNO3/c1-2-3-4-5-11-16(17(20)21)19-22-12-7-9-14-8-6-10-15(18)13-14/h6,8,10-11,13,19H,2-5,7,9,12H2,1H3,(H,20,21). The second kappa shape index (κ2) is 11.1. The van der Waals surface area contributed by atoms with Crippen molar-refractivity contribution in [2.75, 3.05) is 6.61 Å². The molecule has 0 unspecified atom stereocenters. The highest BCUT2D eigenvalue weighted by Gasteiger charge is 2.06. The normalized spacial score (nSPS) is 11.5. The average Bonchev–Trinajstić information content (AvgIpc) is 2.49. The van der Waals surface area contributed by atoms with E-state index >= 15 is 0 Å². The lowest BCUT2D eigenvalue weighted by Crippen LogP contribution is -2.21. The van der Waals surface area contributed by atoms with Gasteiger partial charge < -0.3 is 5.11 Å². The first kappa shape index (κ1) is 18.5. The second-order valence-corrected chi connectivity index (χ2v) is 5.54. The van der Waals surface area contributed by atoms with E-state index in [0.29, 0.717) is 6.61 Å². The number of nitrogens with one attached hydrogen (secondary N) is 1. The molecule has 1 aromatic carbocycles. The Kier molecular flexibility index (Phi) is 9.35. The third-order valence-corrected chi connectivity index (χ3v) is 3.40. The average molecular weight is 326 g/mol. The van der Waals surface area contributed by atoms with E-state index in [2.05, 4.69) is 12.4 Å². The van der Waals surface area contributed by atoms with E-state index < -0.39 is 5.97 Å². The molecular weight excluding hydrogens is 302 g/mol. The minimum Gasteiger partial charge on any atom is -0.477 e. The van der Waals surface area contributed by atoms with Gasteiger partial charge in [0.2, 0.25) is 0 Å². The lowest BCUT2D eigenvalue weighted by Gasteiger charge is -2.08. The van der Waals surface area contributed by atoms with E-state index in [1.165, 1.54) is 0 Å². The molecule has 5 heteroatoms. The van der Waals surface area contributed by atoms with Gasteiger partial charge >= 0.3 is 5.97 Å². The molecule has 1 rings (SSSR count). The largest absolute Gasteiger partial charge is 0.477 e. The molecule has 122 valence electrons. The number of halogens is 1. The number of carbonyl (C=O) groups is 1. The molecule has 0 radical (unpaired) electrons. The Morgan fingerprint density at radius 3 is 2.86 bits per heavy atom. The Morgan fingerprint density at radius 2 is 2.18 bits per heavy atom. The summed E-state index contributed by atoms with van der Waals surface area (Å²) >= 11 is 5.92. The van der Waals surface area contributed by atoms with Crippen LogP contribution in [-0.2, 0) is 16.1 Å². The number of allylic oxidation sites excluding steroid dienone is 1. The topological polar surface area (TPSA) is 58.6 Å². The summed E-state index contributed by atoms with van der Waals surface area (Å²) in [6.07, 6.45) is 7.25. The van der Waals surface area contributed by atoms with Crippen LogP contribution in [0.15, 0.2) is 36.0 Å². The van der Waals surface area contributed by atoms with E-state index in [-0.39, 0.29) is 5.70 Å². The van der Waals surface area contributed by atoms with Crippen molar-refractivity contribution in [2.24, 2.45) is 0 Å². The number of rotatable bonds is 11. The lowest BCUT2D eigenvalue weighted by atomic mass is 10.1. The zero-order chi connectivity index (χ0) is 16.2. The van der Waals surface area contributed by atoms with Crippen molar-refractivity contribution in [1.29, 1.82) is 0 Å². The SMILES string of the molecule is CCCCCC=C(NOCCCc1cccc(Cl)c1)C(=O)O. The summed E-state index contributed by atoms with van der Waals surface area (Å²) in [5.41, 5.74) is 3.78. The Labute approximate surface area is 137 Å². The van der Waals surface area contributed by atoms with Gasteiger partial charge in [-0.2, -0.15) is 0 Å². The summed E-state index contributed by atoms with van der Waals surface area (Å²) in [6, 6.07) is 7.69. The van der Waals surface area contributed by atoms with E-state index in [1.54, 1.807) is 6.08 Å². The van der Waals surface area contributed by atoms with Crippen LogP contribution in [0.25, 0.3) is 0 Å². The van der Waals surface area contributed by atoms with Crippen LogP contribution >= 0.6 is 11.6 Å². The van der Waals surface area contributed by atoms with Crippen molar-refractivity contribution < 1.29 is 14.7 Å². The van der Waals surface area contributed by atoms with Crippen LogP contribution in [0.3, 0.4) is 0 Å². The summed E-state index contributed by atoms with van der Waals surface area (Å²) in [7, 11) is 0. The van der Waals surface area contributed by atoms with Gasteiger partial charge in [-0.1, -0.05) is 49.6 Å². The van der Waals surface area contributed by atoms with Gasteiger partial charge in [0.05, 0.1) is 6.61 Å². The fourth-order valence-corrected chi connectivity index (χ4v) is 2.20. The molecule has 0 heterocycles. The highest BCUT2D eigenvalue weighted by molar-refractivity contribution is 6.30. The second-order valence-electron chi connectivity index (χ2n) is 5.10. The number of hydroxylamine groups is 1. The van der Waals surface area contributed by atoms with E-state index in [9.17, 15) is 4.79 Å². The van der Waals surface area contributed by atoms with Crippen LogP contribution in [0.2, 0.25) is 5.02 Å². The van der Waals surface area contributed by atoms with Gasteiger partial charge in [0.1, 0.15) is 5.70 Å². The zero-order valence-electron chi connectivity index (χ0n) is 13.0. The van der Waals surface area contributed by atoms with Crippen molar-refractivity contribution in [3.05, 3.63) is 46.6 Å². The Bertz CT molecular complexity index is 489. The Morgan fingerprint density at radius 1 is 1.36 bits per heavy atom. The fraction of sp³-hybridized carbons (Fsp3) is 0.471. The summed E-state index contributed by atoms with van der Waals surface area (Å²) in [4.78, 5) is 16.3. The van der Waals surface area contributed by atoms with Crippen LogP contribution in [0.5, 0.6) is 0 Å². The number of unbranched alkanes of at least 4 members (excludes halogenated alkanes) is 3. The van der Waals surface area contributed by atoms with Crippen molar-refractivity contribution in [3.63, 3.8) is 0 Å². The van der Waals surface area contributed by atoms with Crippen molar-refractivity contribution in [2.45, 2.75) is 45.4 Å². The monoisotopic (exact) mass is 325 g/mol. The Balaban J connectivity index is 2.24. The van der Waals surface area contributed by atoms with Crippen molar-refractivity contribution >= 4 is 17.6 Å². The minimum atomic E-state index is -0.994. The number of hydrogen-bond acceptors (Lipinski definition) is 3. The smallest absolute Gasteiger partial charge is 0.353 e. The molecule has 0 aliphatic carbocycles. The van der Waals surface area contributed by atoms with Gasteiger partial charge in [-0.15, -0.1) is 0 Å². The molecule has 0 amide bonds. The number of aliphatic carboxylic acids is 1. The maximum Gasteiger partial charge on any atom is 0.353 e. The van der Waals surface area contributed by atoms with Crippen LogP contribution in [0, 0.1) is 0 Å². The zero-order valence-corrected chi connectivity index (χ0v) is 13.7. The maximum atomic E-state index is 11.1. The summed E-state index contributed by atoms with van der Waals surface area (Å²) in [6.45, 7) is 2.55. The molecule has 0 spiro atoms. The molecule has 4 nitrogen and oxygen atoms in total. The number of benzene rings is 1. The van der Waals surface area contributed by atoms with E-state index in [1.807, 2.05) is 24.3 Å². The molecular formula is C17H24ClNO3. The van der Waals surface area contributed by atoms with Crippen LogP contribution < -0.4 is 5.48 Å². The molecule has 22 heavy (non-hydrogen) atoms. The van der Waals surface area contributed by atoms with Crippen molar-refractivity contribution in [1.82, 2.24) is 5.48 Å². The molecule has 0 aliphatic heterocycles.